The molecular weight excluding hydrogens is 340 g/mol. The van der Waals surface area contributed by atoms with Gasteiger partial charge >= 0.3 is 0 Å². The summed E-state index contributed by atoms with van der Waals surface area (Å²) in [5, 5.41) is 11.9. The molecule has 0 spiro atoms. The molecule has 134 valence electrons. The van der Waals surface area contributed by atoms with Crippen LogP contribution in [0.1, 0.15) is 49.5 Å². The molecule has 9 heteroatoms. The maximum atomic E-state index is 12.0. The first-order valence-corrected chi connectivity index (χ1v) is 10.6. The standard InChI is InChI=1S/C16H22N6O2S/c23-25(24,12-3-4-12)19-8-10-1-2-11(7-10)16-21-20-14-9-18-15-13(22(14)16)5-6-17-15/h9-12,17,19H,1-8H2/t10-,11-/m1/s1. The van der Waals surface area contributed by atoms with Crippen molar-refractivity contribution in [3.8, 4) is 0 Å². The second kappa shape index (κ2) is 5.63. The fourth-order valence-electron chi connectivity index (χ4n) is 4.14. The topological polar surface area (TPSA) is 101 Å². The molecule has 2 N–H and O–H groups in total. The fraction of sp³-hybridized carbons (Fsp3) is 0.688. The Morgan fingerprint density at radius 2 is 2.12 bits per heavy atom. The van der Waals surface area contributed by atoms with Crippen molar-refractivity contribution in [2.75, 3.05) is 18.4 Å². The van der Waals surface area contributed by atoms with Crippen LogP contribution in [0.4, 0.5) is 5.82 Å². The summed E-state index contributed by atoms with van der Waals surface area (Å²) < 4.78 is 29.0. The van der Waals surface area contributed by atoms with Gasteiger partial charge in [0.1, 0.15) is 11.6 Å². The quantitative estimate of drug-likeness (QED) is 0.825. The van der Waals surface area contributed by atoms with Crippen LogP contribution < -0.4 is 10.0 Å². The average molecular weight is 362 g/mol. The van der Waals surface area contributed by atoms with Gasteiger partial charge in [0.2, 0.25) is 10.0 Å². The van der Waals surface area contributed by atoms with E-state index in [0.29, 0.717) is 18.4 Å². The predicted octanol–water partition coefficient (Wildman–Crippen LogP) is 1.06. The lowest BCUT2D eigenvalue weighted by atomic mass is 10.0. The van der Waals surface area contributed by atoms with Gasteiger partial charge < -0.3 is 5.32 Å². The average Bonchev–Trinajstić information content (AvgIpc) is 3.03. The summed E-state index contributed by atoms with van der Waals surface area (Å²) in [5.41, 5.74) is 1.96. The summed E-state index contributed by atoms with van der Waals surface area (Å²) >= 11 is 0. The summed E-state index contributed by atoms with van der Waals surface area (Å²) in [7, 11) is -3.09. The molecule has 2 fully saturated rings. The van der Waals surface area contributed by atoms with Crippen LogP contribution in [-0.2, 0) is 16.4 Å². The zero-order chi connectivity index (χ0) is 17.0. The van der Waals surface area contributed by atoms with Crippen LogP contribution in [0.3, 0.4) is 0 Å². The number of aromatic nitrogens is 4. The number of nitrogens with zero attached hydrogens (tertiary/aromatic N) is 4. The lowest BCUT2D eigenvalue weighted by Gasteiger charge is -2.13. The Morgan fingerprint density at radius 3 is 2.96 bits per heavy atom. The van der Waals surface area contributed by atoms with E-state index in [1.54, 1.807) is 6.20 Å². The van der Waals surface area contributed by atoms with Crippen molar-refractivity contribution in [1.82, 2.24) is 24.3 Å². The summed E-state index contributed by atoms with van der Waals surface area (Å²) in [6, 6.07) is 0. The summed E-state index contributed by atoms with van der Waals surface area (Å²) in [6.45, 7) is 1.45. The van der Waals surface area contributed by atoms with Crippen molar-refractivity contribution in [3.05, 3.63) is 17.7 Å². The first kappa shape index (κ1) is 15.5. The molecule has 2 aliphatic carbocycles. The first-order chi connectivity index (χ1) is 12.1. The monoisotopic (exact) mass is 362 g/mol. The number of anilines is 1. The zero-order valence-corrected chi connectivity index (χ0v) is 14.8. The van der Waals surface area contributed by atoms with Gasteiger partial charge in [0.15, 0.2) is 5.65 Å². The summed E-state index contributed by atoms with van der Waals surface area (Å²) in [4.78, 5) is 4.41. The van der Waals surface area contributed by atoms with Crippen LogP contribution in [0.15, 0.2) is 6.20 Å². The van der Waals surface area contributed by atoms with Crippen molar-refractivity contribution in [3.63, 3.8) is 0 Å². The van der Waals surface area contributed by atoms with Crippen molar-refractivity contribution >= 4 is 21.5 Å². The summed E-state index contributed by atoms with van der Waals surface area (Å²) in [6.07, 6.45) is 7.33. The van der Waals surface area contributed by atoms with Crippen LogP contribution >= 0.6 is 0 Å². The van der Waals surface area contributed by atoms with Gasteiger partial charge in [-0.05, 0) is 38.0 Å². The maximum absolute atomic E-state index is 12.0. The van der Waals surface area contributed by atoms with Crippen molar-refractivity contribution in [2.45, 2.75) is 49.7 Å². The van der Waals surface area contributed by atoms with Crippen molar-refractivity contribution in [2.24, 2.45) is 5.92 Å². The number of rotatable bonds is 5. The third-order valence-electron chi connectivity index (χ3n) is 5.66. The fourth-order valence-corrected chi connectivity index (χ4v) is 5.60. The van der Waals surface area contributed by atoms with Gasteiger partial charge in [0.25, 0.3) is 0 Å². The number of hydrogen-bond acceptors (Lipinski definition) is 6. The molecule has 5 rings (SSSR count). The van der Waals surface area contributed by atoms with Gasteiger partial charge in [-0.25, -0.2) is 18.1 Å². The van der Waals surface area contributed by atoms with Crippen LogP contribution in [0, 0.1) is 5.92 Å². The van der Waals surface area contributed by atoms with Crippen LogP contribution in [-0.4, -0.2) is 46.3 Å². The van der Waals surface area contributed by atoms with Gasteiger partial charge in [-0.3, -0.25) is 4.40 Å². The molecule has 2 aromatic heterocycles. The van der Waals surface area contributed by atoms with E-state index in [4.69, 9.17) is 0 Å². The second-order valence-electron chi connectivity index (χ2n) is 7.45. The lowest BCUT2D eigenvalue weighted by molar-refractivity contribution is 0.509. The number of nitrogens with one attached hydrogen (secondary N) is 2. The molecule has 3 aliphatic rings. The van der Waals surface area contributed by atoms with Gasteiger partial charge in [0, 0.05) is 25.4 Å². The Hall–Kier alpha value is -1.74. The van der Waals surface area contributed by atoms with Crippen LogP contribution in [0.25, 0.3) is 5.65 Å². The smallest absolute Gasteiger partial charge is 0.214 e. The van der Waals surface area contributed by atoms with E-state index >= 15 is 0 Å². The van der Waals surface area contributed by atoms with Gasteiger partial charge in [0.05, 0.1) is 17.1 Å². The van der Waals surface area contributed by atoms with E-state index in [0.717, 1.165) is 68.1 Å². The predicted molar refractivity (Wildman–Crippen MR) is 93.0 cm³/mol. The SMILES string of the molecule is O=S(=O)(NC[C@@H]1CC[C@@H](c2nnc3cnc4c(n23)CCN4)C1)C1CC1. The van der Waals surface area contributed by atoms with E-state index in [2.05, 4.69) is 29.6 Å². The van der Waals surface area contributed by atoms with Crippen molar-refractivity contribution < 1.29 is 8.42 Å². The molecule has 2 saturated carbocycles. The lowest BCUT2D eigenvalue weighted by Crippen LogP contribution is -2.31. The Kier molecular flexibility index (Phi) is 3.50. The van der Waals surface area contributed by atoms with E-state index in [9.17, 15) is 8.42 Å². The zero-order valence-electron chi connectivity index (χ0n) is 14.0. The van der Waals surface area contributed by atoms with E-state index in [-0.39, 0.29) is 5.25 Å². The third kappa shape index (κ3) is 2.69. The molecule has 0 amide bonds. The number of sulfonamides is 1. The molecular formula is C16H22N6O2S. The molecule has 1 aliphatic heterocycles. The second-order valence-corrected chi connectivity index (χ2v) is 9.50. The molecule has 3 heterocycles. The largest absolute Gasteiger partial charge is 0.368 e. The molecule has 0 saturated heterocycles. The minimum atomic E-state index is -3.09. The maximum Gasteiger partial charge on any atom is 0.214 e. The molecule has 0 aromatic carbocycles. The Morgan fingerprint density at radius 1 is 1.24 bits per heavy atom. The molecule has 0 unspecified atom stereocenters. The minimum Gasteiger partial charge on any atom is -0.368 e. The highest BCUT2D eigenvalue weighted by atomic mass is 32.2. The highest BCUT2D eigenvalue weighted by molar-refractivity contribution is 7.90. The van der Waals surface area contributed by atoms with Gasteiger partial charge in [-0.1, -0.05) is 0 Å². The highest BCUT2D eigenvalue weighted by Gasteiger charge is 2.37. The highest BCUT2D eigenvalue weighted by Crippen LogP contribution is 2.38. The molecule has 2 aromatic rings. The van der Waals surface area contributed by atoms with Crippen LogP contribution in [0.2, 0.25) is 0 Å². The molecule has 0 radical (unpaired) electrons. The normalized spacial score (nSPS) is 26.1. The van der Waals surface area contributed by atoms with Gasteiger partial charge in [-0.15, -0.1) is 10.2 Å². The Labute approximate surface area is 146 Å². The third-order valence-corrected chi connectivity index (χ3v) is 7.58. The van der Waals surface area contributed by atoms with Crippen molar-refractivity contribution in [1.29, 1.82) is 0 Å². The number of fused-ring (bicyclic) bond motifs is 3. The minimum absolute atomic E-state index is 0.146. The Bertz CT molecular complexity index is 920. The number of hydrogen-bond donors (Lipinski definition) is 2. The van der Waals surface area contributed by atoms with E-state index in [1.165, 1.54) is 0 Å². The molecule has 8 nitrogen and oxygen atoms in total. The summed E-state index contributed by atoms with van der Waals surface area (Å²) in [5.74, 6) is 2.64. The first-order valence-electron chi connectivity index (χ1n) is 9.07. The van der Waals surface area contributed by atoms with Crippen LogP contribution in [0.5, 0.6) is 0 Å². The van der Waals surface area contributed by atoms with E-state index in [1.807, 2.05) is 0 Å². The molecule has 25 heavy (non-hydrogen) atoms. The molecule has 0 bridgehead atoms. The Balaban J connectivity index is 1.33. The van der Waals surface area contributed by atoms with E-state index < -0.39 is 10.0 Å². The molecule has 2 atom stereocenters. The van der Waals surface area contributed by atoms with Gasteiger partial charge in [-0.2, -0.15) is 0 Å².